The van der Waals surface area contributed by atoms with Crippen LogP contribution >= 0.6 is 0 Å². The number of hydrogen-bond donors (Lipinski definition) is 2. The summed E-state index contributed by atoms with van der Waals surface area (Å²) in [5.41, 5.74) is 0.0900. The summed E-state index contributed by atoms with van der Waals surface area (Å²) in [5.74, 6) is -0.256. The van der Waals surface area contributed by atoms with Crippen LogP contribution in [0.5, 0.6) is 6.01 Å². The highest BCUT2D eigenvalue weighted by atomic mass is 16.6. The number of aromatic nitrogens is 2. The molecule has 1 aromatic rings. The molecule has 1 saturated heterocycles. The first-order valence-electron chi connectivity index (χ1n) is 10.4. The molecule has 0 bridgehead atoms. The Balaban J connectivity index is 1.33. The summed E-state index contributed by atoms with van der Waals surface area (Å²) in [6, 6.07) is 1.79. The van der Waals surface area contributed by atoms with Crippen molar-refractivity contribution < 1.29 is 24.1 Å². The second-order valence-corrected chi connectivity index (χ2v) is 7.55. The van der Waals surface area contributed by atoms with E-state index in [9.17, 15) is 9.90 Å². The Hall–Kier alpha value is -1.93. The minimum atomic E-state index is -0.920. The van der Waals surface area contributed by atoms with Crippen molar-refractivity contribution in [2.75, 3.05) is 6.61 Å². The number of hydrogen-bond acceptors (Lipinski definition) is 7. The second-order valence-electron chi connectivity index (χ2n) is 7.55. The van der Waals surface area contributed by atoms with Crippen molar-refractivity contribution >= 4 is 5.97 Å². The molecule has 156 valence electrons. The molecule has 8 heteroatoms. The van der Waals surface area contributed by atoms with Crippen LogP contribution in [0, 0.1) is 5.41 Å². The molecule has 2 aliphatic rings. The topological polar surface area (TPSA) is 107 Å². The molecule has 0 unspecified atom stereocenters. The van der Waals surface area contributed by atoms with E-state index in [1.165, 1.54) is 38.2 Å². The Kier molecular flexibility index (Phi) is 7.44. The first kappa shape index (κ1) is 20.8. The molecule has 2 aliphatic heterocycles. The summed E-state index contributed by atoms with van der Waals surface area (Å²) >= 11 is 0. The van der Waals surface area contributed by atoms with Gasteiger partial charge in [0.15, 0.2) is 17.8 Å². The van der Waals surface area contributed by atoms with Crippen molar-refractivity contribution in [3.05, 3.63) is 17.8 Å². The average molecular weight is 393 g/mol. The summed E-state index contributed by atoms with van der Waals surface area (Å²) < 4.78 is 18.4. The van der Waals surface area contributed by atoms with Gasteiger partial charge in [0.1, 0.15) is 18.8 Å². The molecule has 0 aliphatic carbocycles. The lowest BCUT2D eigenvalue weighted by Crippen LogP contribution is -2.36. The van der Waals surface area contributed by atoms with Crippen molar-refractivity contribution in [3.63, 3.8) is 0 Å². The highest BCUT2D eigenvalue weighted by Crippen LogP contribution is 2.38. The molecule has 0 amide bonds. The highest BCUT2D eigenvalue weighted by Gasteiger charge is 2.51. The number of carbonyl (C=O) groups excluding carboxylic acids is 1. The zero-order valence-electron chi connectivity index (χ0n) is 16.5. The fraction of sp³-hybridized carbons (Fsp3) is 0.750. The van der Waals surface area contributed by atoms with Crippen LogP contribution in [0.15, 0.2) is 12.3 Å². The lowest BCUT2D eigenvalue weighted by atomic mass is 10.1. The van der Waals surface area contributed by atoms with Gasteiger partial charge in [0.05, 0.1) is 0 Å². The van der Waals surface area contributed by atoms with Crippen molar-refractivity contribution in [3.8, 4) is 6.01 Å². The number of nitrogens with zero attached hydrogens (tertiary/aromatic N) is 2. The van der Waals surface area contributed by atoms with Crippen molar-refractivity contribution in [2.24, 2.45) is 0 Å². The van der Waals surface area contributed by atoms with Gasteiger partial charge in [-0.15, -0.1) is 0 Å². The maximum atomic E-state index is 11.9. The van der Waals surface area contributed by atoms with Crippen LogP contribution in [0.1, 0.15) is 70.9 Å². The number of rotatable bonds is 11. The molecule has 0 aromatic carbocycles. The first-order chi connectivity index (χ1) is 13.6. The lowest BCUT2D eigenvalue weighted by molar-refractivity contribution is -0.150. The van der Waals surface area contributed by atoms with Gasteiger partial charge in [-0.2, -0.15) is 4.98 Å². The van der Waals surface area contributed by atoms with Crippen LogP contribution in [0.3, 0.4) is 0 Å². The fourth-order valence-corrected chi connectivity index (χ4v) is 3.67. The lowest BCUT2D eigenvalue weighted by Gasteiger charge is -2.17. The van der Waals surface area contributed by atoms with Gasteiger partial charge >= 0.3 is 12.0 Å². The minimum Gasteiger partial charge on any atom is -0.463 e. The van der Waals surface area contributed by atoms with E-state index in [2.05, 4.69) is 11.9 Å². The third kappa shape index (κ3) is 5.11. The molecular formula is C20H31N3O5. The normalized spacial score (nSPS) is 25.2. The van der Waals surface area contributed by atoms with Crippen LogP contribution < -0.4 is 10.2 Å². The van der Waals surface area contributed by atoms with Gasteiger partial charge in [-0.25, -0.2) is 0 Å². The van der Waals surface area contributed by atoms with Gasteiger partial charge in [-0.3, -0.25) is 14.8 Å². The highest BCUT2D eigenvalue weighted by molar-refractivity contribution is 5.69. The van der Waals surface area contributed by atoms with Crippen LogP contribution in [-0.2, 0) is 14.3 Å². The number of unbranched alkanes of at least 4 members (excludes halogenated alkanes) is 7. The molecule has 3 heterocycles. The smallest absolute Gasteiger partial charge is 0.305 e. The van der Waals surface area contributed by atoms with Crippen molar-refractivity contribution in [2.45, 2.75) is 89.3 Å². The van der Waals surface area contributed by atoms with E-state index in [0.717, 1.165) is 19.3 Å². The predicted molar refractivity (Wildman–Crippen MR) is 101 cm³/mol. The Morgan fingerprint density at radius 2 is 1.96 bits per heavy atom. The summed E-state index contributed by atoms with van der Waals surface area (Å²) in [6.45, 7) is 2.22. The number of ether oxygens (including phenoxy) is 3. The average Bonchev–Trinajstić information content (AvgIpc) is 3.18. The number of aliphatic hydroxyl groups excluding tert-OH is 1. The maximum Gasteiger partial charge on any atom is 0.305 e. The minimum absolute atomic E-state index is 0.00717. The summed E-state index contributed by atoms with van der Waals surface area (Å²) in [7, 11) is 0. The van der Waals surface area contributed by atoms with Gasteiger partial charge in [0, 0.05) is 12.6 Å². The van der Waals surface area contributed by atoms with Crippen LogP contribution in [0.4, 0.5) is 0 Å². The molecule has 28 heavy (non-hydrogen) atoms. The van der Waals surface area contributed by atoms with E-state index in [-0.39, 0.29) is 24.1 Å². The monoisotopic (exact) mass is 393 g/mol. The van der Waals surface area contributed by atoms with E-state index >= 15 is 0 Å². The Bertz CT molecular complexity index is 707. The van der Waals surface area contributed by atoms with Gasteiger partial charge in [-0.05, 0) is 12.5 Å². The number of fused-ring (bicyclic) bond motifs is 3. The molecule has 0 saturated carbocycles. The molecule has 1 aromatic heterocycles. The van der Waals surface area contributed by atoms with Gasteiger partial charge < -0.3 is 19.3 Å². The Morgan fingerprint density at radius 3 is 2.71 bits per heavy atom. The van der Waals surface area contributed by atoms with Crippen LogP contribution in [0.25, 0.3) is 0 Å². The molecule has 2 N–H and O–H groups in total. The largest absolute Gasteiger partial charge is 0.463 e. The molecule has 3 rings (SSSR count). The predicted octanol–water partition coefficient (Wildman–Crippen LogP) is 2.46. The van der Waals surface area contributed by atoms with E-state index in [1.54, 1.807) is 10.8 Å². The maximum absolute atomic E-state index is 11.9. The zero-order valence-corrected chi connectivity index (χ0v) is 16.5. The van der Waals surface area contributed by atoms with E-state index < -0.39 is 24.5 Å². The van der Waals surface area contributed by atoms with Crippen LogP contribution in [-0.4, -0.2) is 45.5 Å². The number of aliphatic hydroxyl groups is 1. The number of esters is 1. The Morgan fingerprint density at radius 1 is 1.25 bits per heavy atom. The summed E-state index contributed by atoms with van der Waals surface area (Å²) in [4.78, 5) is 15.9. The third-order valence-corrected chi connectivity index (χ3v) is 5.30. The van der Waals surface area contributed by atoms with E-state index in [4.69, 9.17) is 19.6 Å². The number of carbonyl (C=O) groups is 1. The molecule has 1 fully saturated rings. The van der Waals surface area contributed by atoms with Gasteiger partial charge in [0.2, 0.25) is 0 Å². The zero-order chi connectivity index (χ0) is 19.9. The number of nitrogens with one attached hydrogen (secondary N) is 1. The third-order valence-electron chi connectivity index (χ3n) is 5.30. The first-order valence-corrected chi connectivity index (χ1v) is 10.4. The SMILES string of the molecule is CCCCCCCCCCC(=O)OC[C@H]1O[C@@H]2[C@@H](Oc3nc(=N)ccn32)[C@@H]1O. The molecule has 8 nitrogen and oxygen atoms in total. The fourth-order valence-electron chi connectivity index (χ4n) is 3.67. The molecule has 4 atom stereocenters. The summed E-state index contributed by atoms with van der Waals surface area (Å²) in [6.07, 6.45) is 8.78. The van der Waals surface area contributed by atoms with Gasteiger partial charge in [-0.1, -0.05) is 51.9 Å². The quantitative estimate of drug-likeness (QED) is 0.442. The molecule has 0 radical (unpaired) electrons. The van der Waals surface area contributed by atoms with E-state index in [1.807, 2.05) is 0 Å². The second kappa shape index (κ2) is 10.0. The van der Waals surface area contributed by atoms with Crippen molar-refractivity contribution in [1.82, 2.24) is 9.55 Å². The van der Waals surface area contributed by atoms with Crippen molar-refractivity contribution in [1.29, 1.82) is 5.41 Å². The van der Waals surface area contributed by atoms with E-state index in [0.29, 0.717) is 6.42 Å². The standard InChI is InChI=1S/C20H31N3O5/c1-2-3-4-5-6-7-8-9-10-16(24)26-13-14-17(25)18-19(27-14)23-12-11-15(21)22-20(23)28-18/h11-12,14,17-19,21,25H,2-10,13H2,1H3/t14-,17-,18+,19-/m1/s1. The summed E-state index contributed by atoms with van der Waals surface area (Å²) in [5, 5.41) is 17.9. The van der Waals surface area contributed by atoms with Gasteiger partial charge in [0.25, 0.3) is 0 Å². The van der Waals surface area contributed by atoms with Crippen LogP contribution in [0.2, 0.25) is 0 Å². The Labute approximate surface area is 165 Å². The molecule has 0 spiro atoms. The molecular weight excluding hydrogens is 362 g/mol.